The molecule has 1 aliphatic heterocycles. The lowest BCUT2D eigenvalue weighted by Gasteiger charge is -2.32. The Bertz CT molecular complexity index is 849. The van der Waals surface area contributed by atoms with Crippen molar-refractivity contribution in [3.05, 3.63) is 54.1 Å². The van der Waals surface area contributed by atoms with Gasteiger partial charge in [-0.2, -0.15) is 4.31 Å². The molecule has 1 saturated heterocycles. The van der Waals surface area contributed by atoms with Crippen molar-refractivity contribution < 1.29 is 17.9 Å². The molecule has 1 unspecified atom stereocenters. The second kappa shape index (κ2) is 8.76. The fourth-order valence-corrected chi connectivity index (χ4v) is 4.89. The molecule has 0 saturated carbocycles. The molecule has 27 heavy (non-hydrogen) atoms. The van der Waals surface area contributed by atoms with Crippen LogP contribution in [0.4, 0.5) is 0 Å². The van der Waals surface area contributed by atoms with E-state index < -0.39 is 10.0 Å². The smallest absolute Gasteiger partial charge is 0.243 e. The number of sulfonamides is 1. The Balaban J connectivity index is 1.65. The highest BCUT2D eigenvalue weighted by Crippen LogP contribution is 2.26. The molecule has 1 atom stereocenters. The van der Waals surface area contributed by atoms with Gasteiger partial charge >= 0.3 is 0 Å². The van der Waals surface area contributed by atoms with Gasteiger partial charge in [-0.3, -0.25) is 0 Å². The molecule has 0 aromatic heterocycles. The minimum Gasteiger partial charge on any atom is -0.494 e. The molecule has 1 heterocycles. The summed E-state index contributed by atoms with van der Waals surface area (Å²) in [5, 5.41) is 0. The largest absolute Gasteiger partial charge is 0.494 e. The van der Waals surface area contributed by atoms with E-state index in [4.69, 9.17) is 9.47 Å². The number of para-hydroxylation sites is 1. The zero-order valence-electron chi connectivity index (χ0n) is 15.9. The van der Waals surface area contributed by atoms with Crippen LogP contribution in [-0.4, -0.2) is 39.0 Å². The van der Waals surface area contributed by atoms with E-state index >= 15 is 0 Å². The van der Waals surface area contributed by atoms with Crippen LogP contribution >= 0.6 is 0 Å². The number of hydrogen-bond acceptors (Lipinski definition) is 4. The lowest BCUT2D eigenvalue weighted by atomic mass is 10.0. The van der Waals surface area contributed by atoms with Gasteiger partial charge in [-0.25, -0.2) is 8.42 Å². The van der Waals surface area contributed by atoms with Crippen LogP contribution in [0, 0.1) is 12.8 Å². The van der Waals surface area contributed by atoms with Crippen LogP contribution in [0.5, 0.6) is 11.5 Å². The summed E-state index contributed by atoms with van der Waals surface area (Å²) in [6.45, 7) is 6.04. The lowest BCUT2D eigenvalue weighted by Crippen LogP contribution is -2.41. The number of ether oxygens (including phenoxy) is 2. The van der Waals surface area contributed by atoms with Crippen LogP contribution in [-0.2, 0) is 10.0 Å². The third-order valence-electron chi connectivity index (χ3n) is 4.82. The molecule has 0 bridgehead atoms. The molecular weight excluding hydrogens is 362 g/mol. The van der Waals surface area contributed by atoms with E-state index in [-0.39, 0.29) is 5.92 Å². The molecule has 3 rings (SSSR count). The first-order valence-electron chi connectivity index (χ1n) is 9.42. The van der Waals surface area contributed by atoms with E-state index in [1.54, 1.807) is 28.6 Å². The highest BCUT2D eigenvalue weighted by Gasteiger charge is 2.30. The maximum Gasteiger partial charge on any atom is 0.243 e. The molecular formula is C21H27NO4S. The first kappa shape index (κ1) is 19.7. The van der Waals surface area contributed by atoms with Crippen molar-refractivity contribution in [3.63, 3.8) is 0 Å². The summed E-state index contributed by atoms with van der Waals surface area (Å²) in [6.07, 6.45) is 1.82. The Morgan fingerprint density at radius 3 is 2.52 bits per heavy atom. The molecule has 2 aromatic rings. The van der Waals surface area contributed by atoms with Crippen molar-refractivity contribution >= 4 is 10.0 Å². The topological polar surface area (TPSA) is 55.8 Å². The van der Waals surface area contributed by atoms with E-state index in [1.165, 1.54) is 0 Å². The summed E-state index contributed by atoms with van der Waals surface area (Å²) in [4.78, 5) is 0.312. The molecule has 0 spiro atoms. The Hall–Kier alpha value is -2.05. The van der Waals surface area contributed by atoms with Crippen molar-refractivity contribution in [2.45, 2.75) is 31.6 Å². The Labute approximate surface area is 162 Å². The van der Waals surface area contributed by atoms with Crippen molar-refractivity contribution in [1.29, 1.82) is 0 Å². The molecule has 0 N–H and O–H groups in total. The average molecular weight is 390 g/mol. The standard InChI is InChI=1S/C21H27NO4S/c1-3-25-19-10-12-20(13-11-19)27(23,24)22-14-6-8-18(15-22)16-26-21-9-5-4-7-17(21)2/h4-5,7,9-13,18H,3,6,8,14-16H2,1-2H3. The highest BCUT2D eigenvalue weighted by atomic mass is 32.2. The van der Waals surface area contributed by atoms with Gasteiger partial charge in [0, 0.05) is 19.0 Å². The van der Waals surface area contributed by atoms with E-state index in [0.717, 1.165) is 24.2 Å². The molecule has 0 radical (unpaired) electrons. The number of nitrogens with zero attached hydrogens (tertiary/aromatic N) is 1. The number of rotatable bonds is 7. The highest BCUT2D eigenvalue weighted by molar-refractivity contribution is 7.89. The first-order chi connectivity index (χ1) is 13.0. The van der Waals surface area contributed by atoms with Crippen molar-refractivity contribution in [3.8, 4) is 11.5 Å². The van der Waals surface area contributed by atoms with Gasteiger partial charge in [0.1, 0.15) is 11.5 Å². The molecule has 6 heteroatoms. The maximum absolute atomic E-state index is 13.0. The van der Waals surface area contributed by atoms with Gasteiger partial charge in [-0.1, -0.05) is 18.2 Å². The molecule has 2 aromatic carbocycles. The number of aryl methyl sites for hydroxylation is 1. The van der Waals surface area contributed by atoms with Crippen LogP contribution < -0.4 is 9.47 Å². The summed E-state index contributed by atoms with van der Waals surface area (Å²) in [7, 11) is -3.50. The van der Waals surface area contributed by atoms with E-state index in [1.807, 2.05) is 38.1 Å². The average Bonchev–Trinajstić information content (AvgIpc) is 2.68. The molecule has 146 valence electrons. The van der Waals surface area contributed by atoms with E-state index in [9.17, 15) is 8.42 Å². The van der Waals surface area contributed by atoms with Gasteiger partial charge < -0.3 is 9.47 Å². The van der Waals surface area contributed by atoms with Gasteiger partial charge in [0.2, 0.25) is 10.0 Å². The predicted molar refractivity (Wildman–Crippen MR) is 106 cm³/mol. The minimum atomic E-state index is -3.50. The Kier molecular flexibility index (Phi) is 6.39. The molecule has 0 amide bonds. The number of hydrogen-bond donors (Lipinski definition) is 0. The fraction of sp³-hybridized carbons (Fsp3) is 0.429. The summed E-state index contributed by atoms with van der Waals surface area (Å²) in [6, 6.07) is 14.5. The SMILES string of the molecule is CCOc1ccc(S(=O)(=O)N2CCCC(COc3ccccc3C)C2)cc1. The zero-order chi connectivity index (χ0) is 19.3. The van der Waals surface area contributed by atoms with Crippen LogP contribution in [0.1, 0.15) is 25.3 Å². The first-order valence-corrected chi connectivity index (χ1v) is 10.9. The summed E-state index contributed by atoms with van der Waals surface area (Å²) in [5.41, 5.74) is 1.09. The third kappa shape index (κ3) is 4.82. The van der Waals surface area contributed by atoms with Gasteiger partial charge in [-0.05, 0) is 62.6 Å². The quantitative estimate of drug-likeness (QED) is 0.721. The molecule has 0 aliphatic carbocycles. The monoisotopic (exact) mass is 389 g/mol. The lowest BCUT2D eigenvalue weighted by molar-refractivity contribution is 0.179. The second-order valence-corrected chi connectivity index (χ2v) is 8.79. The molecule has 1 aliphatic rings. The van der Waals surface area contributed by atoms with Crippen LogP contribution in [0.25, 0.3) is 0 Å². The number of piperidine rings is 1. The number of benzene rings is 2. The van der Waals surface area contributed by atoms with E-state index in [0.29, 0.717) is 36.9 Å². The second-order valence-electron chi connectivity index (χ2n) is 6.85. The molecule has 1 fully saturated rings. The third-order valence-corrected chi connectivity index (χ3v) is 6.70. The summed E-state index contributed by atoms with van der Waals surface area (Å²) < 4.78 is 38.9. The minimum absolute atomic E-state index is 0.191. The summed E-state index contributed by atoms with van der Waals surface area (Å²) >= 11 is 0. The maximum atomic E-state index is 13.0. The predicted octanol–water partition coefficient (Wildman–Crippen LogP) is 3.87. The van der Waals surface area contributed by atoms with Crippen molar-refractivity contribution in [1.82, 2.24) is 4.31 Å². The van der Waals surface area contributed by atoms with Crippen LogP contribution in [0.15, 0.2) is 53.4 Å². The van der Waals surface area contributed by atoms with Gasteiger partial charge in [0.25, 0.3) is 0 Å². The van der Waals surface area contributed by atoms with Gasteiger partial charge in [-0.15, -0.1) is 0 Å². The van der Waals surface area contributed by atoms with Crippen molar-refractivity contribution in [2.75, 3.05) is 26.3 Å². The normalized spacial score (nSPS) is 18.2. The Morgan fingerprint density at radius 2 is 1.81 bits per heavy atom. The van der Waals surface area contributed by atoms with Crippen LogP contribution in [0.2, 0.25) is 0 Å². The molecule has 5 nitrogen and oxygen atoms in total. The van der Waals surface area contributed by atoms with Gasteiger partial charge in [0.15, 0.2) is 0 Å². The van der Waals surface area contributed by atoms with Crippen molar-refractivity contribution in [2.24, 2.45) is 5.92 Å². The van der Waals surface area contributed by atoms with E-state index in [2.05, 4.69) is 0 Å². The zero-order valence-corrected chi connectivity index (χ0v) is 16.7. The Morgan fingerprint density at radius 1 is 1.07 bits per heavy atom. The van der Waals surface area contributed by atoms with Gasteiger partial charge in [0.05, 0.1) is 18.1 Å². The fourth-order valence-electron chi connectivity index (χ4n) is 3.33. The summed E-state index contributed by atoms with van der Waals surface area (Å²) in [5.74, 6) is 1.74. The van der Waals surface area contributed by atoms with Crippen LogP contribution in [0.3, 0.4) is 0 Å².